The Morgan fingerprint density at radius 2 is 1.68 bits per heavy atom. The zero-order chi connectivity index (χ0) is 14.0. The molecule has 0 saturated heterocycles. The Balaban J connectivity index is 2.32. The second kappa shape index (κ2) is 5.14. The van der Waals surface area contributed by atoms with Crippen LogP contribution in [0.2, 0.25) is 0 Å². The molecular weight excluding hydrogens is 238 g/mol. The largest absolute Gasteiger partial charge is 0.457 e. The number of hydrogen-bond donors (Lipinski definition) is 1. The van der Waals surface area contributed by atoms with Gasteiger partial charge in [-0.1, -0.05) is 6.07 Å². The standard InChI is InChI=1S/C16H17NO2/c1-10-6-13(16(17)18)9-15(7-10)19-14-5-4-11(2)12(3)8-14/h4-9H,1-3H3,(H2,17,18). The van der Waals surface area contributed by atoms with Crippen molar-refractivity contribution in [1.82, 2.24) is 0 Å². The van der Waals surface area contributed by atoms with E-state index in [1.54, 1.807) is 12.1 Å². The molecule has 0 aromatic heterocycles. The van der Waals surface area contributed by atoms with E-state index in [4.69, 9.17) is 10.5 Å². The maximum Gasteiger partial charge on any atom is 0.248 e. The van der Waals surface area contributed by atoms with E-state index in [9.17, 15) is 4.79 Å². The predicted octanol–water partition coefficient (Wildman–Crippen LogP) is 3.50. The average Bonchev–Trinajstić information content (AvgIpc) is 2.33. The number of nitrogens with two attached hydrogens (primary N) is 1. The quantitative estimate of drug-likeness (QED) is 0.912. The third kappa shape index (κ3) is 3.13. The molecule has 2 rings (SSSR count). The second-order valence-corrected chi connectivity index (χ2v) is 4.75. The van der Waals surface area contributed by atoms with Crippen LogP contribution >= 0.6 is 0 Å². The van der Waals surface area contributed by atoms with Crippen molar-refractivity contribution in [2.24, 2.45) is 5.73 Å². The van der Waals surface area contributed by atoms with Crippen molar-refractivity contribution in [2.45, 2.75) is 20.8 Å². The minimum absolute atomic E-state index is 0.450. The fraction of sp³-hybridized carbons (Fsp3) is 0.188. The van der Waals surface area contributed by atoms with Gasteiger partial charge in [-0.3, -0.25) is 4.79 Å². The lowest BCUT2D eigenvalue weighted by Crippen LogP contribution is -2.11. The lowest BCUT2D eigenvalue weighted by Gasteiger charge is -2.09. The molecule has 3 heteroatoms. The molecule has 0 unspecified atom stereocenters. The van der Waals surface area contributed by atoms with Crippen molar-refractivity contribution in [1.29, 1.82) is 0 Å². The Hall–Kier alpha value is -2.29. The number of amides is 1. The van der Waals surface area contributed by atoms with E-state index >= 15 is 0 Å². The van der Waals surface area contributed by atoms with Crippen LogP contribution in [0.5, 0.6) is 11.5 Å². The minimum Gasteiger partial charge on any atom is -0.457 e. The van der Waals surface area contributed by atoms with Gasteiger partial charge in [0.05, 0.1) is 0 Å². The summed E-state index contributed by atoms with van der Waals surface area (Å²) < 4.78 is 5.78. The Morgan fingerprint density at radius 1 is 0.947 bits per heavy atom. The van der Waals surface area contributed by atoms with Gasteiger partial charge in [-0.05, 0) is 67.8 Å². The maximum atomic E-state index is 11.2. The van der Waals surface area contributed by atoms with Crippen molar-refractivity contribution in [3.8, 4) is 11.5 Å². The van der Waals surface area contributed by atoms with Crippen molar-refractivity contribution < 1.29 is 9.53 Å². The first-order valence-electron chi connectivity index (χ1n) is 6.12. The van der Waals surface area contributed by atoms with Crippen LogP contribution in [0.1, 0.15) is 27.0 Å². The molecule has 3 nitrogen and oxygen atoms in total. The van der Waals surface area contributed by atoms with Gasteiger partial charge in [0.15, 0.2) is 0 Å². The zero-order valence-corrected chi connectivity index (χ0v) is 11.4. The van der Waals surface area contributed by atoms with Crippen molar-refractivity contribution >= 4 is 5.91 Å². The molecule has 0 bridgehead atoms. The number of ether oxygens (including phenoxy) is 1. The Labute approximate surface area is 113 Å². The van der Waals surface area contributed by atoms with E-state index in [1.807, 2.05) is 38.1 Å². The fourth-order valence-electron chi connectivity index (χ4n) is 1.86. The van der Waals surface area contributed by atoms with Crippen LogP contribution < -0.4 is 10.5 Å². The Kier molecular flexibility index (Phi) is 3.56. The SMILES string of the molecule is Cc1cc(Oc2ccc(C)c(C)c2)cc(C(N)=O)c1. The molecule has 0 aliphatic carbocycles. The molecule has 0 radical (unpaired) electrons. The minimum atomic E-state index is -0.450. The first kappa shape index (κ1) is 13.1. The highest BCUT2D eigenvalue weighted by Gasteiger charge is 2.06. The topological polar surface area (TPSA) is 52.3 Å². The molecule has 2 N–H and O–H groups in total. The average molecular weight is 255 g/mol. The summed E-state index contributed by atoms with van der Waals surface area (Å²) in [6.07, 6.45) is 0. The first-order valence-corrected chi connectivity index (χ1v) is 6.12. The highest BCUT2D eigenvalue weighted by Crippen LogP contribution is 2.25. The molecule has 19 heavy (non-hydrogen) atoms. The number of aryl methyl sites for hydroxylation is 3. The highest BCUT2D eigenvalue weighted by atomic mass is 16.5. The first-order chi connectivity index (χ1) is 8.95. The molecule has 0 heterocycles. The normalized spacial score (nSPS) is 10.3. The summed E-state index contributed by atoms with van der Waals surface area (Å²) in [6, 6.07) is 11.2. The molecule has 1 amide bonds. The number of benzene rings is 2. The summed E-state index contributed by atoms with van der Waals surface area (Å²) >= 11 is 0. The molecule has 0 atom stereocenters. The van der Waals surface area contributed by atoms with E-state index < -0.39 is 5.91 Å². The molecule has 2 aromatic rings. The summed E-state index contributed by atoms with van der Waals surface area (Å²) in [5.74, 6) is 0.926. The van der Waals surface area contributed by atoms with Crippen molar-refractivity contribution in [3.63, 3.8) is 0 Å². The smallest absolute Gasteiger partial charge is 0.248 e. The van der Waals surface area contributed by atoms with Crippen LogP contribution in [-0.4, -0.2) is 5.91 Å². The fourth-order valence-corrected chi connectivity index (χ4v) is 1.86. The van der Waals surface area contributed by atoms with Crippen molar-refractivity contribution in [2.75, 3.05) is 0 Å². The number of rotatable bonds is 3. The van der Waals surface area contributed by atoms with Gasteiger partial charge in [0, 0.05) is 5.56 Å². The van der Waals surface area contributed by atoms with E-state index in [-0.39, 0.29) is 0 Å². The van der Waals surface area contributed by atoms with Gasteiger partial charge in [0.2, 0.25) is 5.91 Å². The second-order valence-electron chi connectivity index (χ2n) is 4.75. The summed E-state index contributed by atoms with van der Waals surface area (Å²) in [6.45, 7) is 5.99. The van der Waals surface area contributed by atoms with E-state index in [0.29, 0.717) is 11.3 Å². The van der Waals surface area contributed by atoms with Crippen LogP contribution in [0.4, 0.5) is 0 Å². The number of carbonyl (C=O) groups is 1. The lowest BCUT2D eigenvalue weighted by atomic mass is 10.1. The number of carbonyl (C=O) groups excluding carboxylic acids is 1. The summed E-state index contributed by atoms with van der Waals surface area (Å²) in [7, 11) is 0. The van der Waals surface area contributed by atoms with Crippen LogP contribution in [0.15, 0.2) is 36.4 Å². The summed E-state index contributed by atoms with van der Waals surface area (Å²) in [5.41, 5.74) is 9.08. The molecule has 0 saturated carbocycles. The molecule has 98 valence electrons. The molecular formula is C16H17NO2. The van der Waals surface area contributed by atoms with Crippen LogP contribution in [0, 0.1) is 20.8 Å². The molecule has 0 aliphatic heterocycles. The summed E-state index contributed by atoms with van der Waals surface area (Å²) in [4.78, 5) is 11.2. The highest BCUT2D eigenvalue weighted by molar-refractivity contribution is 5.93. The molecule has 0 aliphatic rings. The van der Waals surface area contributed by atoms with E-state index in [2.05, 4.69) is 6.92 Å². The van der Waals surface area contributed by atoms with E-state index in [1.165, 1.54) is 11.1 Å². The van der Waals surface area contributed by atoms with Gasteiger partial charge in [-0.15, -0.1) is 0 Å². The third-order valence-corrected chi connectivity index (χ3v) is 3.05. The van der Waals surface area contributed by atoms with Gasteiger partial charge in [0.1, 0.15) is 11.5 Å². The maximum absolute atomic E-state index is 11.2. The Morgan fingerprint density at radius 3 is 2.32 bits per heavy atom. The zero-order valence-electron chi connectivity index (χ0n) is 11.4. The Bertz CT molecular complexity index is 633. The molecule has 0 fully saturated rings. The third-order valence-electron chi connectivity index (χ3n) is 3.05. The molecule has 0 spiro atoms. The van der Waals surface area contributed by atoms with E-state index in [0.717, 1.165) is 11.3 Å². The lowest BCUT2D eigenvalue weighted by molar-refractivity contribution is 0.1000. The van der Waals surface area contributed by atoms with Crippen LogP contribution in [-0.2, 0) is 0 Å². The van der Waals surface area contributed by atoms with Crippen LogP contribution in [0.3, 0.4) is 0 Å². The van der Waals surface area contributed by atoms with Gasteiger partial charge in [-0.25, -0.2) is 0 Å². The number of hydrogen-bond acceptors (Lipinski definition) is 2. The summed E-state index contributed by atoms with van der Waals surface area (Å²) in [5, 5.41) is 0. The van der Waals surface area contributed by atoms with Crippen LogP contribution in [0.25, 0.3) is 0 Å². The monoisotopic (exact) mass is 255 g/mol. The van der Waals surface area contributed by atoms with Gasteiger partial charge >= 0.3 is 0 Å². The van der Waals surface area contributed by atoms with Gasteiger partial charge in [0.25, 0.3) is 0 Å². The molecule has 2 aromatic carbocycles. The number of primary amides is 1. The predicted molar refractivity (Wildman–Crippen MR) is 75.7 cm³/mol. The van der Waals surface area contributed by atoms with Crippen molar-refractivity contribution in [3.05, 3.63) is 58.7 Å². The van der Waals surface area contributed by atoms with Gasteiger partial charge in [-0.2, -0.15) is 0 Å². The van der Waals surface area contributed by atoms with Gasteiger partial charge < -0.3 is 10.5 Å².